The third-order valence-electron chi connectivity index (χ3n) is 3.43. The van der Waals surface area contributed by atoms with Gasteiger partial charge in [-0.05, 0) is 45.8 Å². The van der Waals surface area contributed by atoms with Gasteiger partial charge in [0.05, 0.1) is 14.0 Å². The van der Waals surface area contributed by atoms with Gasteiger partial charge >= 0.3 is 0 Å². The molecule has 0 spiro atoms. The number of amides is 1. The fraction of sp³-hybridized carbons (Fsp3) is 0.118. The minimum Gasteiger partial charge on any atom is -0.347 e. The van der Waals surface area contributed by atoms with E-state index in [0.717, 1.165) is 19.6 Å². The second-order valence-electron chi connectivity index (χ2n) is 5.04. The average molecular weight is 410 g/mol. The molecule has 3 rings (SSSR count). The van der Waals surface area contributed by atoms with E-state index in [2.05, 4.69) is 27.8 Å². The zero-order chi connectivity index (χ0) is 16.4. The SMILES string of the molecule is C=CCNC(=O)c1cc2sc(Br)cc2n1Cc1cccc(Cl)c1. The number of aromatic nitrogens is 1. The van der Waals surface area contributed by atoms with Crippen molar-refractivity contribution in [2.45, 2.75) is 6.54 Å². The van der Waals surface area contributed by atoms with E-state index in [1.54, 1.807) is 17.4 Å². The van der Waals surface area contributed by atoms with Crippen LogP contribution in [0.1, 0.15) is 16.1 Å². The predicted molar refractivity (Wildman–Crippen MR) is 101 cm³/mol. The van der Waals surface area contributed by atoms with Crippen LogP contribution in [-0.4, -0.2) is 17.0 Å². The van der Waals surface area contributed by atoms with Crippen LogP contribution in [0.3, 0.4) is 0 Å². The van der Waals surface area contributed by atoms with Crippen LogP contribution in [-0.2, 0) is 6.54 Å². The molecule has 1 aromatic carbocycles. The Morgan fingerprint density at radius 2 is 2.22 bits per heavy atom. The molecule has 3 nitrogen and oxygen atoms in total. The summed E-state index contributed by atoms with van der Waals surface area (Å²) in [6.07, 6.45) is 1.67. The van der Waals surface area contributed by atoms with E-state index < -0.39 is 0 Å². The van der Waals surface area contributed by atoms with Gasteiger partial charge in [-0.3, -0.25) is 4.79 Å². The molecule has 0 saturated heterocycles. The first-order valence-electron chi connectivity index (χ1n) is 7.00. The fourth-order valence-electron chi connectivity index (χ4n) is 2.44. The number of nitrogens with zero attached hydrogens (tertiary/aromatic N) is 1. The third-order valence-corrected chi connectivity index (χ3v) is 5.24. The highest BCUT2D eigenvalue weighted by Gasteiger charge is 2.17. The molecule has 23 heavy (non-hydrogen) atoms. The summed E-state index contributed by atoms with van der Waals surface area (Å²) in [6, 6.07) is 11.6. The highest BCUT2D eigenvalue weighted by molar-refractivity contribution is 9.11. The van der Waals surface area contributed by atoms with Gasteiger partial charge < -0.3 is 9.88 Å². The summed E-state index contributed by atoms with van der Waals surface area (Å²) < 4.78 is 4.13. The van der Waals surface area contributed by atoms with Gasteiger partial charge in [-0.1, -0.05) is 29.8 Å². The van der Waals surface area contributed by atoms with Crippen LogP contribution in [0.25, 0.3) is 10.2 Å². The lowest BCUT2D eigenvalue weighted by Crippen LogP contribution is -2.26. The maximum atomic E-state index is 12.4. The van der Waals surface area contributed by atoms with Crippen molar-refractivity contribution in [3.63, 3.8) is 0 Å². The van der Waals surface area contributed by atoms with Crippen molar-refractivity contribution >= 4 is 55.0 Å². The molecule has 0 aliphatic heterocycles. The molecule has 0 aliphatic carbocycles. The van der Waals surface area contributed by atoms with Crippen LogP contribution >= 0.6 is 38.9 Å². The molecule has 1 N–H and O–H groups in total. The predicted octanol–water partition coefficient (Wildman–Crippen LogP) is 5.08. The first-order valence-corrected chi connectivity index (χ1v) is 8.99. The molecule has 0 aliphatic rings. The monoisotopic (exact) mass is 408 g/mol. The molecule has 0 atom stereocenters. The normalized spacial score (nSPS) is 10.9. The van der Waals surface area contributed by atoms with Crippen LogP contribution in [0, 0.1) is 0 Å². The van der Waals surface area contributed by atoms with E-state index in [0.29, 0.717) is 23.8 Å². The molecule has 0 saturated carbocycles. The van der Waals surface area contributed by atoms with Crippen molar-refractivity contribution in [2.75, 3.05) is 6.54 Å². The van der Waals surface area contributed by atoms with Crippen LogP contribution in [0.4, 0.5) is 0 Å². The van der Waals surface area contributed by atoms with E-state index >= 15 is 0 Å². The molecule has 0 unspecified atom stereocenters. The summed E-state index contributed by atoms with van der Waals surface area (Å²) >= 11 is 11.2. The molecule has 3 aromatic rings. The molecule has 0 bridgehead atoms. The molecule has 2 aromatic heterocycles. The number of hydrogen-bond acceptors (Lipinski definition) is 2. The molecular weight excluding hydrogens is 396 g/mol. The Labute approximate surface area is 151 Å². The number of halogens is 2. The minimum absolute atomic E-state index is 0.105. The van der Waals surface area contributed by atoms with Crippen LogP contribution in [0.15, 0.2) is 52.8 Å². The number of hydrogen-bond donors (Lipinski definition) is 1. The number of carbonyl (C=O) groups is 1. The second-order valence-corrected chi connectivity index (χ2v) is 7.94. The molecule has 0 fully saturated rings. The lowest BCUT2D eigenvalue weighted by atomic mass is 10.2. The second kappa shape index (κ2) is 6.91. The van der Waals surface area contributed by atoms with E-state index in [1.807, 2.05) is 41.0 Å². The Morgan fingerprint density at radius 1 is 1.39 bits per heavy atom. The lowest BCUT2D eigenvalue weighted by Gasteiger charge is -2.10. The van der Waals surface area contributed by atoms with Gasteiger partial charge in [0.2, 0.25) is 0 Å². The van der Waals surface area contributed by atoms with Gasteiger partial charge in [0, 0.05) is 18.1 Å². The largest absolute Gasteiger partial charge is 0.347 e. The summed E-state index contributed by atoms with van der Waals surface area (Å²) in [5, 5.41) is 3.53. The molecule has 2 heterocycles. The first-order chi connectivity index (χ1) is 11.1. The Hall–Kier alpha value is -1.56. The smallest absolute Gasteiger partial charge is 0.268 e. The number of benzene rings is 1. The summed E-state index contributed by atoms with van der Waals surface area (Å²) in [5.74, 6) is -0.105. The molecular formula is C17H14BrClN2OS. The topological polar surface area (TPSA) is 34.0 Å². The fourth-order valence-corrected chi connectivity index (χ4v) is 4.22. The van der Waals surface area contributed by atoms with E-state index in [1.165, 1.54) is 0 Å². The van der Waals surface area contributed by atoms with Crippen LogP contribution in [0.2, 0.25) is 5.02 Å². The van der Waals surface area contributed by atoms with E-state index in [9.17, 15) is 4.79 Å². The standard InChI is InChI=1S/C17H14BrClN2OS/c1-2-6-20-17(22)14-8-15-13(9-16(18)23-15)21(14)10-11-4-3-5-12(19)7-11/h2-5,7-9H,1,6,10H2,(H,20,22). The Kier molecular flexibility index (Phi) is 4.90. The molecule has 0 radical (unpaired) electrons. The number of fused-ring (bicyclic) bond motifs is 1. The van der Waals surface area contributed by atoms with Crippen molar-refractivity contribution in [2.24, 2.45) is 0 Å². The minimum atomic E-state index is -0.105. The Morgan fingerprint density at radius 3 is 2.96 bits per heavy atom. The summed E-state index contributed by atoms with van der Waals surface area (Å²) in [7, 11) is 0. The maximum absolute atomic E-state index is 12.4. The summed E-state index contributed by atoms with van der Waals surface area (Å²) in [5.41, 5.74) is 2.72. The van der Waals surface area contributed by atoms with Crippen molar-refractivity contribution in [3.05, 3.63) is 69.1 Å². The lowest BCUT2D eigenvalue weighted by molar-refractivity contribution is 0.0949. The van der Waals surface area contributed by atoms with Gasteiger partial charge in [0.25, 0.3) is 5.91 Å². The highest BCUT2D eigenvalue weighted by atomic mass is 79.9. The Bertz CT molecular complexity index is 884. The maximum Gasteiger partial charge on any atom is 0.268 e. The summed E-state index contributed by atoms with van der Waals surface area (Å²) in [4.78, 5) is 12.4. The van der Waals surface area contributed by atoms with Crippen molar-refractivity contribution < 1.29 is 4.79 Å². The molecule has 118 valence electrons. The summed E-state index contributed by atoms with van der Waals surface area (Å²) in [6.45, 7) is 4.66. The first kappa shape index (κ1) is 16.3. The van der Waals surface area contributed by atoms with Crippen molar-refractivity contribution in [1.29, 1.82) is 0 Å². The molecule has 1 amide bonds. The zero-order valence-electron chi connectivity index (χ0n) is 12.2. The molecule has 6 heteroatoms. The van der Waals surface area contributed by atoms with Gasteiger partial charge in [-0.25, -0.2) is 0 Å². The third kappa shape index (κ3) is 3.52. The van der Waals surface area contributed by atoms with Crippen molar-refractivity contribution in [1.82, 2.24) is 9.88 Å². The van der Waals surface area contributed by atoms with Gasteiger partial charge in [0.15, 0.2) is 0 Å². The van der Waals surface area contributed by atoms with Crippen LogP contribution < -0.4 is 5.32 Å². The number of carbonyl (C=O) groups excluding carboxylic acids is 1. The zero-order valence-corrected chi connectivity index (χ0v) is 15.3. The van der Waals surface area contributed by atoms with E-state index in [-0.39, 0.29) is 5.91 Å². The number of rotatable bonds is 5. The Balaban J connectivity index is 2.04. The quantitative estimate of drug-likeness (QED) is 0.586. The van der Waals surface area contributed by atoms with Gasteiger partial charge in [-0.15, -0.1) is 17.9 Å². The number of thiophene rings is 1. The van der Waals surface area contributed by atoms with Crippen molar-refractivity contribution in [3.8, 4) is 0 Å². The van der Waals surface area contributed by atoms with E-state index in [4.69, 9.17) is 11.6 Å². The van der Waals surface area contributed by atoms with Crippen LogP contribution in [0.5, 0.6) is 0 Å². The number of nitrogens with one attached hydrogen (secondary N) is 1. The highest BCUT2D eigenvalue weighted by Crippen LogP contribution is 2.33. The van der Waals surface area contributed by atoms with Gasteiger partial charge in [0.1, 0.15) is 5.69 Å². The van der Waals surface area contributed by atoms with Gasteiger partial charge in [-0.2, -0.15) is 0 Å². The average Bonchev–Trinajstić information content (AvgIpc) is 3.02.